The second kappa shape index (κ2) is 10.8. The fraction of sp³-hybridized carbons (Fsp3) is 0.360. The van der Waals surface area contributed by atoms with E-state index in [4.69, 9.17) is 14.5 Å². The van der Waals surface area contributed by atoms with Crippen LogP contribution in [0.2, 0.25) is 0 Å². The van der Waals surface area contributed by atoms with Gasteiger partial charge in [0, 0.05) is 31.9 Å². The number of rotatable bonds is 8. The molecular formula is C25H32N6O2. The van der Waals surface area contributed by atoms with Gasteiger partial charge in [-0.25, -0.2) is 9.67 Å². The summed E-state index contributed by atoms with van der Waals surface area (Å²) >= 11 is 0. The molecule has 2 heterocycles. The molecule has 3 aromatic rings. The molecule has 2 N–H and O–H groups in total. The van der Waals surface area contributed by atoms with E-state index in [1.807, 2.05) is 53.3 Å². The van der Waals surface area contributed by atoms with Crippen LogP contribution in [0.15, 0.2) is 65.8 Å². The number of guanidine groups is 1. The minimum atomic E-state index is 0.310. The van der Waals surface area contributed by atoms with Crippen LogP contribution < -0.4 is 25.0 Å². The van der Waals surface area contributed by atoms with Gasteiger partial charge in [-0.1, -0.05) is 12.1 Å². The van der Waals surface area contributed by atoms with Crippen molar-refractivity contribution < 1.29 is 9.47 Å². The molecule has 1 fully saturated rings. The van der Waals surface area contributed by atoms with Gasteiger partial charge in [-0.15, -0.1) is 0 Å². The third-order valence-corrected chi connectivity index (χ3v) is 5.68. The minimum absolute atomic E-state index is 0.310. The number of benzene rings is 2. The number of aliphatic imine (C=N–C) groups is 1. The molecule has 1 atom stereocenters. The Kier molecular flexibility index (Phi) is 7.34. The van der Waals surface area contributed by atoms with Crippen LogP contribution in [0.1, 0.15) is 19.0 Å². The van der Waals surface area contributed by atoms with E-state index < -0.39 is 0 Å². The maximum absolute atomic E-state index is 5.53. The van der Waals surface area contributed by atoms with E-state index in [0.29, 0.717) is 12.6 Å². The summed E-state index contributed by atoms with van der Waals surface area (Å²) in [5, 5.41) is 11.6. The molecule has 33 heavy (non-hydrogen) atoms. The van der Waals surface area contributed by atoms with Crippen LogP contribution in [0, 0.1) is 0 Å². The van der Waals surface area contributed by atoms with Gasteiger partial charge in [0.25, 0.3) is 0 Å². The molecule has 1 aliphatic rings. The molecule has 1 aliphatic heterocycles. The number of anilines is 1. The minimum Gasteiger partial charge on any atom is -0.497 e. The zero-order chi connectivity index (χ0) is 23.0. The Morgan fingerprint density at radius 3 is 2.67 bits per heavy atom. The second-order valence-electron chi connectivity index (χ2n) is 7.89. The number of methoxy groups -OCH3 is 2. The van der Waals surface area contributed by atoms with Gasteiger partial charge in [0.2, 0.25) is 0 Å². The van der Waals surface area contributed by atoms with Crippen LogP contribution in [0.5, 0.6) is 11.5 Å². The Morgan fingerprint density at radius 1 is 1.09 bits per heavy atom. The molecule has 0 bridgehead atoms. The predicted molar refractivity (Wildman–Crippen MR) is 132 cm³/mol. The molecule has 1 aromatic heterocycles. The van der Waals surface area contributed by atoms with E-state index in [0.717, 1.165) is 60.6 Å². The summed E-state index contributed by atoms with van der Waals surface area (Å²) in [7, 11) is 3.38. The van der Waals surface area contributed by atoms with Gasteiger partial charge >= 0.3 is 0 Å². The van der Waals surface area contributed by atoms with Gasteiger partial charge in [0.05, 0.1) is 37.8 Å². The lowest BCUT2D eigenvalue weighted by atomic mass is 10.2. The topological polar surface area (TPSA) is 75.9 Å². The van der Waals surface area contributed by atoms with Crippen LogP contribution >= 0.6 is 0 Å². The molecular weight excluding hydrogens is 416 g/mol. The third kappa shape index (κ3) is 5.58. The Bertz CT molecular complexity index is 1060. The number of nitrogens with one attached hydrogen (secondary N) is 2. The van der Waals surface area contributed by atoms with E-state index in [9.17, 15) is 0 Å². The Labute approximate surface area is 195 Å². The highest BCUT2D eigenvalue weighted by molar-refractivity contribution is 5.80. The van der Waals surface area contributed by atoms with Crippen LogP contribution in [0.3, 0.4) is 0 Å². The Hall–Kier alpha value is -3.68. The summed E-state index contributed by atoms with van der Waals surface area (Å²) in [5.74, 6) is 2.54. The van der Waals surface area contributed by atoms with Crippen molar-refractivity contribution in [3.8, 4) is 17.2 Å². The highest BCUT2D eigenvalue weighted by Crippen LogP contribution is 2.30. The fourth-order valence-corrected chi connectivity index (χ4v) is 3.99. The average Bonchev–Trinajstić information content (AvgIpc) is 3.52. The molecule has 0 spiro atoms. The smallest absolute Gasteiger partial charge is 0.191 e. The first-order valence-corrected chi connectivity index (χ1v) is 11.3. The largest absolute Gasteiger partial charge is 0.497 e. The molecule has 0 amide bonds. The SMILES string of the molecule is CCNC(=NCc1ccn(-c2ccc(OC)cc2)n1)NC1CCN(c2ccccc2OC)C1. The third-order valence-electron chi connectivity index (χ3n) is 5.68. The fourth-order valence-electron chi connectivity index (χ4n) is 3.99. The van der Waals surface area contributed by atoms with Crippen LogP contribution in [-0.2, 0) is 6.54 Å². The maximum Gasteiger partial charge on any atom is 0.191 e. The highest BCUT2D eigenvalue weighted by Gasteiger charge is 2.25. The lowest BCUT2D eigenvalue weighted by molar-refractivity contribution is 0.414. The number of aromatic nitrogens is 2. The molecule has 1 saturated heterocycles. The monoisotopic (exact) mass is 448 g/mol. The van der Waals surface area contributed by atoms with Gasteiger partial charge in [-0.2, -0.15) is 5.10 Å². The standard InChI is InChI=1S/C25H32N6O2/c1-4-26-25(28-20-13-15-30(18-20)23-7-5-6-8-24(23)33-3)27-17-19-14-16-31(29-19)21-9-11-22(32-2)12-10-21/h5-12,14,16,20H,4,13,15,17-18H2,1-3H3,(H2,26,27,28). The van der Waals surface area contributed by atoms with Crippen molar-refractivity contribution >= 4 is 11.6 Å². The van der Waals surface area contributed by atoms with Gasteiger partial charge in [-0.3, -0.25) is 0 Å². The van der Waals surface area contributed by atoms with Gasteiger partial charge in [0.1, 0.15) is 11.5 Å². The van der Waals surface area contributed by atoms with Crippen molar-refractivity contribution in [3.63, 3.8) is 0 Å². The van der Waals surface area contributed by atoms with Crippen molar-refractivity contribution in [1.29, 1.82) is 0 Å². The highest BCUT2D eigenvalue weighted by atomic mass is 16.5. The molecule has 0 radical (unpaired) electrons. The normalized spacial score (nSPS) is 16.0. The van der Waals surface area contributed by atoms with E-state index in [-0.39, 0.29) is 0 Å². The van der Waals surface area contributed by atoms with E-state index in [2.05, 4.69) is 39.7 Å². The average molecular weight is 449 g/mol. The Morgan fingerprint density at radius 2 is 1.91 bits per heavy atom. The first kappa shape index (κ1) is 22.5. The summed E-state index contributed by atoms with van der Waals surface area (Å²) in [6.45, 7) is 5.25. The van der Waals surface area contributed by atoms with Crippen LogP contribution in [0.25, 0.3) is 5.69 Å². The number of hydrogen-bond donors (Lipinski definition) is 2. The first-order valence-electron chi connectivity index (χ1n) is 11.3. The number of nitrogens with zero attached hydrogens (tertiary/aromatic N) is 4. The molecule has 0 saturated carbocycles. The summed E-state index contributed by atoms with van der Waals surface area (Å²) in [6, 6.07) is 18.3. The zero-order valence-electron chi connectivity index (χ0n) is 19.5. The van der Waals surface area contributed by atoms with Gasteiger partial charge < -0.3 is 25.0 Å². The lowest BCUT2D eigenvalue weighted by Crippen LogP contribution is -2.44. The zero-order valence-corrected chi connectivity index (χ0v) is 19.5. The summed E-state index contributed by atoms with van der Waals surface area (Å²) in [5.41, 5.74) is 3.03. The molecule has 1 unspecified atom stereocenters. The molecule has 4 rings (SSSR count). The van der Waals surface area contributed by atoms with Crippen LogP contribution in [-0.4, -0.2) is 55.6 Å². The first-order chi connectivity index (χ1) is 16.2. The molecule has 0 aliphatic carbocycles. The van der Waals surface area contributed by atoms with E-state index in [1.165, 1.54) is 0 Å². The maximum atomic E-state index is 5.53. The molecule has 2 aromatic carbocycles. The van der Waals surface area contributed by atoms with Gasteiger partial charge in [0.15, 0.2) is 5.96 Å². The quantitative estimate of drug-likeness (QED) is 0.407. The second-order valence-corrected chi connectivity index (χ2v) is 7.89. The van der Waals surface area contributed by atoms with Crippen molar-refractivity contribution in [2.75, 3.05) is 38.8 Å². The lowest BCUT2D eigenvalue weighted by Gasteiger charge is -2.22. The van der Waals surface area contributed by atoms with Gasteiger partial charge in [-0.05, 0) is 55.8 Å². The molecule has 8 nitrogen and oxygen atoms in total. The summed E-state index contributed by atoms with van der Waals surface area (Å²) in [4.78, 5) is 7.13. The number of ether oxygens (including phenoxy) is 2. The van der Waals surface area contributed by atoms with Crippen molar-refractivity contribution in [2.24, 2.45) is 4.99 Å². The van der Waals surface area contributed by atoms with Crippen molar-refractivity contribution in [1.82, 2.24) is 20.4 Å². The van der Waals surface area contributed by atoms with E-state index >= 15 is 0 Å². The predicted octanol–water partition coefficient (Wildman–Crippen LogP) is 3.22. The summed E-state index contributed by atoms with van der Waals surface area (Å²) < 4.78 is 12.6. The number of hydrogen-bond acceptors (Lipinski definition) is 5. The van der Waals surface area contributed by atoms with Crippen molar-refractivity contribution in [3.05, 3.63) is 66.5 Å². The Balaban J connectivity index is 1.37. The van der Waals surface area contributed by atoms with Crippen LogP contribution in [0.4, 0.5) is 5.69 Å². The van der Waals surface area contributed by atoms with E-state index in [1.54, 1.807) is 14.2 Å². The van der Waals surface area contributed by atoms with Crippen molar-refractivity contribution in [2.45, 2.75) is 25.9 Å². The number of para-hydroxylation sites is 2. The molecule has 174 valence electrons. The summed E-state index contributed by atoms with van der Waals surface area (Å²) in [6.07, 6.45) is 2.99. The molecule has 8 heteroatoms.